The van der Waals surface area contributed by atoms with Crippen molar-refractivity contribution in [2.45, 2.75) is 45.2 Å². The molecular formula is C17H26N4. The van der Waals surface area contributed by atoms with Gasteiger partial charge in [-0.25, -0.2) is 9.97 Å². The molecule has 21 heavy (non-hydrogen) atoms. The summed E-state index contributed by atoms with van der Waals surface area (Å²) < 4.78 is 0. The van der Waals surface area contributed by atoms with Crippen LogP contribution in [0.4, 0.5) is 5.69 Å². The zero-order chi connectivity index (χ0) is 15.2. The van der Waals surface area contributed by atoms with Crippen LogP contribution in [0, 0.1) is 0 Å². The molecule has 1 saturated carbocycles. The molecule has 0 saturated heterocycles. The lowest BCUT2D eigenvalue weighted by Crippen LogP contribution is -2.27. The lowest BCUT2D eigenvalue weighted by atomic mass is 10.2. The Morgan fingerprint density at radius 1 is 1.33 bits per heavy atom. The van der Waals surface area contributed by atoms with E-state index in [1.54, 1.807) is 0 Å². The van der Waals surface area contributed by atoms with Crippen molar-refractivity contribution < 1.29 is 0 Å². The molecule has 1 aromatic heterocycles. The van der Waals surface area contributed by atoms with Gasteiger partial charge in [-0.15, -0.1) is 13.2 Å². The molecule has 1 heterocycles. The molecular weight excluding hydrogens is 260 g/mol. The Hall–Kier alpha value is -1.68. The van der Waals surface area contributed by atoms with Crippen LogP contribution in [-0.2, 0) is 6.54 Å². The van der Waals surface area contributed by atoms with Gasteiger partial charge in [0.1, 0.15) is 5.82 Å². The van der Waals surface area contributed by atoms with E-state index in [0.717, 1.165) is 36.8 Å². The minimum Gasteiger partial charge on any atom is -0.361 e. The van der Waals surface area contributed by atoms with Crippen molar-refractivity contribution in [2.24, 2.45) is 0 Å². The average Bonchev–Trinajstić information content (AvgIpc) is 3.29. The van der Waals surface area contributed by atoms with Crippen molar-refractivity contribution in [3.63, 3.8) is 0 Å². The predicted octanol–water partition coefficient (Wildman–Crippen LogP) is 3.03. The first kappa shape index (κ1) is 15.7. The fourth-order valence-corrected chi connectivity index (χ4v) is 2.21. The smallest absolute Gasteiger partial charge is 0.131 e. The molecule has 1 N–H and O–H groups in total. The standard InChI is InChI=1S/C17H26N4/c1-5-9-21(10-6-2)16-12-19-17(13(3)4)20-15(16)11-18-14-7-8-14/h5-6,12-14,18H,1-2,7-11H2,3-4H3. The summed E-state index contributed by atoms with van der Waals surface area (Å²) in [7, 11) is 0. The van der Waals surface area contributed by atoms with Crippen LogP contribution < -0.4 is 10.2 Å². The maximum Gasteiger partial charge on any atom is 0.131 e. The van der Waals surface area contributed by atoms with E-state index < -0.39 is 0 Å². The minimum absolute atomic E-state index is 0.339. The predicted molar refractivity (Wildman–Crippen MR) is 88.6 cm³/mol. The maximum atomic E-state index is 4.77. The molecule has 114 valence electrons. The van der Waals surface area contributed by atoms with Crippen LogP contribution in [0.5, 0.6) is 0 Å². The Kier molecular flexibility index (Phi) is 5.51. The van der Waals surface area contributed by atoms with Crippen molar-refractivity contribution in [1.82, 2.24) is 15.3 Å². The second-order valence-corrected chi connectivity index (χ2v) is 5.85. The molecule has 1 fully saturated rings. The normalized spacial score (nSPS) is 14.2. The molecule has 0 unspecified atom stereocenters. The van der Waals surface area contributed by atoms with E-state index >= 15 is 0 Å². The van der Waals surface area contributed by atoms with E-state index in [9.17, 15) is 0 Å². The van der Waals surface area contributed by atoms with Crippen molar-refractivity contribution >= 4 is 5.69 Å². The Morgan fingerprint density at radius 3 is 2.52 bits per heavy atom. The number of nitrogens with zero attached hydrogens (tertiary/aromatic N) is 3. The number of nitrogens with one attached hydrogen (secondary N) is 1. The topological polar surface area (TPSA) is 41.1 Å². The number of aromatic nitrogens is 2. The zero-order valence-corrected chi connectivity index (χ0v) is 13.2. The summed E-state index contributed by atoms with van der Waals surface area (Å²) in [4.78, 5) is 11.5. The fourth-order valence-electron chi connectivity index (χ4n) is 2.21. The van der Waals surface area contributed by atoms with Gasteiger partial charge < -0.3 is 10.2 Å². The molecule has 2 rings (SSSR count). The fraction of sp³-hybridized carbons (Fsp3) is 0.529. The molecule has 1 aliphatic carbocycles. The lowest BCUT2D eigenvalue weighted by Gasteiger charge is -2.24. The quantitative estimate of drug-likeness (QED) is 0.708. The van der Waals surface area contributed by atoms with Crippen LogP contribution in [-0.4, -0.2) is 29.1 Å². The van der Waals surface area contributed by atoms with Gasteiger partial charge in [0.2, 0.25) is 0 Å². The van der Waals surface area contributed by atoms with Gasteiger partial charge >= 0.3 is 0 Å². The highest BCUT2D eigenvalue weighted by Crippen LogP contribution is 2.23. The number of hydrogen-bond donors (Lipinski definition) is 1. The van der Waals surface area contributed by atoms with Crippen molar-refractivity contribution in [1.29, 1.82) is 0 Å². The summed E-state index contributed by atoms with van der Waals surface area (Å²) in [6.45, 7) is 14.3. The molecule has 4 heteroatoms. The van der Waals surface area contributed by atoms with E-state index in [-0.39, 0.29) is 0 Å². The summed E-state index contributed by atoms with van der Waals surface area (Å²) in [5, 5.41) is 3.55. The zero-order valence-electron chi connectivity index (χ0n) is 13.2. The van der Waals surface area contributed by atoms with Gasteiger partial charge in [0, 0.05) is 31.6 Å². The Bertz CT molecular complexity index is 482. The van der Waals surface area contributed by atoms with E-state index in [1.807, 2.05) is 18.3 Å². The van der Waals surface area contributed by atoms with Crippen molar-refractivity contribution in [2.75, 3.05) is 18.0 Å². The van der Waals surface area contributed by atoms with Crippen LogP contribution in [0.2, 0.25) is 0 Å². The molecule has 0 aliphatic heterocycles. The first-order chi connectivity index (χ1) is 10.2. The van der Waals surface area contributed by atoms with Crippen molar-refractivity contribution in [3.05, 3.63) is 43.0 Å². The average molecular weight is 286 g/mol. The SMILES string of the molecule is C=CCN(CC=C)c1cnc(C(C)C)nc1CNC1CC1. The van der Waals surface area contributed by atoms with Crippen LogP contribution in [0.15, 0.2) is 31.5 Å². The van der Waals surface area contributed by atoms with E-state index in [2.05, 4.69) is 42.2 Å². The molecule has 0 spiro atoms. The first-order valence-electron chi connectivity index (χ1n) is 7.71. The molecule has 0 amide bonds. The largest absolute Gasteiger partial charge is 0.361 e. The van der Waals surface area contributed by atoms with Gasteiger partial charge in [0.25, 0.3) is 0 Å². The second kappa shape index (κ2) is 7.36. The number of rotatable bonds is 9. The maximum absolute atomic E-state index is 4.77. The first-order valence-corrected chi connectivity index (χ1v) is 7.71. The molecule has 1 aromatic rings. The van der Waals surface area contributed by atoms with E-state index in [0.29, 0.717) is 12.0 Å². The summed E-state index contributed by atoms with van der Waals surface area (Å²) in [5.41, 5.74) is 2.15. The monoisotopic (exact) mass is 286 g/mol. The van der Waals surface area contributed by atoms with Crippen LogP contribution >= 0.6 is 0 Å². The van der Waals surface area contributed by atoms with Gasteiger partial charge in [0.15, 0.2) is 0 Å². The summed E-state index contributed by atoms with van der Waals surface area (Å²) in [6, 6.07) is 0.669. The summed E-state index contributed by atoms with van der Waals surface area (Å²) in [5.74, 6) is 1.24. The van der Waals surface area contributed by atoms with Gasteiger partial charge in [-0.1, -0.05) is 26.0 Å². The minimum atomic E-state index is 0.339. The highest BCUT2D eigenvalue weighted by atomic mass is 15.1. The summed E-state index contributed by atoms with van der Waals surface area (Å²) >= 11 is 0. The third-order valence-corrected chi connectivity index (χ3v) is 3.56. The lowest BCUT2D eigenvalue weighted by molar-refractivity contribution is 0.657. The molecule has 4 nitrogen and oxygen atoms in total. The van der Waals surface area contributed by atoms with Gasteiger partial charge in [0.05, 0.1) is 17.6 Å². The van der Waals surface area contributed by atoms with Gasteiger partial charge in [-0.05, 0) is 12.8 Å². The highest BCUT2D eigenvalue weighted by Gasteiger charge is 2.22. The van der Waals surface area contributed by atoms with Crippen LogP contribution in [0.1, 0.15) is 44.1 Å². The van der Waals surface area contributed by atoms with Gasteiger partial charge in [-0.2, -0.15) is 0 Å². The molecule has 1 aliphatic rings. The second-order valence-electron chi connectivity index (χ2n) is 5.85. The number of anilines is 1. The molecule has 0 atom stereocenters. The van der Waals surface area contributed by atoms with Crippen LogP contribution in [0.25, 0.3) is 0 Å². The molecule has 0 radical (unpaired) electrons. The highest BCUT2D eigenvalue weighted by molar-refractivity contribution is 5.50. The molecule has 0 bridgehead atoms. The Balaban J connectivity index is 2.26. The van der Waals surface area contributed by atoms with Gasteiger partial charge in [-0.3, -0.25) is 0 Å². The number of hydrogen-bond acceptors (Lipinski definition) is 4. The van der Waals surface area contributed by atoms with E-state index in [1.165, 1.54) is 12.8 Å². The van der Waals surface area contributed by atoms with Crippen molar-refractivity contribution in [3.8, 4) is 0 Å². The molecule has 0 aromatic carbocycles. The third-order valence-electron chi connectivity index (χ3n) is 3.56. The van der Waals surface area contributed by atoms with Crippen LogP contribution in [0.3, 0.4) is 0 Å². The Labute approximate surface area is 128 Å². The third kappa shape index (κ3) is 4.39. The van der Waals surface area contributed by atoms with E-state index in [4.69, 9.17) is 4.98 Å². The Morgan fingerprint density at radius 2 is 2.00 bits per heavy atom. The summed E-state index contributed by atoms with van der Waals surface area (Å²) in [6.07, 6.45) is 8.30.